The predicted octanol–water partition coefficient (Wildman–Crippen LogP) is 3.59. The summed E-state index contributed by atoms with van der Waals surface area (Å²) in [6, 6.07) is 6.12. The molecule has 0 radical (unpaired) electrons. The van der Waals surface area contributed by atoms with E-state index in [9.17, 15) is 9.18 Å². The number of hydrogen-bond acceptors (Lipinski definition) is 5. The predicted molar refractivity (Wildman–Crippen MR) is 88.5 cm³/mol. The van der Waals surface area contributed by atoms with Crippen LogP contribution in [0, 0.1) is 5.82 Å². The molecule has 3 aromatic rings. The van der Waals surface area contributed by atoms with Gasteiger partial charge in [0.1, 0.15) is 10.6 Å². The van der Waals surface area contributed by atoms with Gasteiger partial charge in [0.15, 0.2) is 5.16 Å². The highest BCUT2D eigenvalue weighted by Crippen LogP contribution is 2.32. The first-order valence-corrected chi connectivity index (χ1v) is 8.47. The fourth-order valence-electron chi connectivity index (χ4n) is 2.36. The highest BCUT2D eigenvalue weighted by atomic mass is 32.2. The van der Waals surface area contributed by atoms with Gasteiger partial charge in [0.25, 0.3) is 5.56 Å². The lowest BCUT2D eigenvalue weighted by molar-refractivity contribution is 0.628. The van der Waals surface area contributed by atoms with Crippen LogP contribution in [0.4, 0.5) is 4.39 Å². The van der Waals surface area contributed by atoms with E-state index in [-0.39, 0.29) is 11.4 Å². The van der Waals surface area contributed by atoms with Crippen LogP contribution in [0.3, 0.4) is 0 Å². The van der Waals surface area contributed by atoms with Crippen LogP contribution in [0.5, 0.6) is 0 Å². The summed E-state index contributed by atoms with van der Waals surface area (Å²) in [5.74, 6) is 0.445. The minimum Gasteiger partial charge on any atom is -0.266 e. The normalized spacial score (nSPS) is 14.0. The number of halogens is 1. The van der Waals surface area contributed by atoms with E-state index < -0.39 is 0 Å². The van der Waals surface area contributed by atoms with Gasteiger partial charge in [-0.05, 0) is 24.6 Å². The molecule has 0 N–H and O–H groups in total. The number of aromatic nitrogens is 2. The average Bonchev–Trinajstić information content (AvgIpc) is 2.93. The van der Waals surface area contributed by atoms with Crippen molar-refractivity contribution in [2.45, 2.75) is 12.1 Å². The smallest absolute Gasteiger partial charge is 0.266 e. The Labute approximate surface area is 133 Å². The Morgan fingerprint density at radius 3 is 2.82 bits per heavy atom. The van der Waals surface area contributed by atoms with Gasteiger partial charge < -0.3 is 0 Å². The lowest BCUT2D eigenvalue weighted by Gasteiger charge is -2.13. The fraction of sp³-hybridized carbons (Fsp3) is 0.133. The SMILES string of the molecule is CC1=Nn2c(nc3scc(-c4ccc(F)cc4)c3c2=O)SC1. The maximum atomic E-state index is 13.1. The van der Waals surface area contributed by atoms with Gasteiger partial charge in [0, 0.05) is 22.4 Å². The molecule has 0 aliphatic carbocycles. The minimum absolute atomic E-state index is 0.174. The second kappa shape index (κ2) is 5.03. The van der Waals surface area contributed by atoms with E-state index >= 15 is 0 Å². The summed E-state index contributed by atoms with van der Waals surface area (Å²) in [5, 5.41) is 7.36. The van der Waals surface area contributed by atoms with Gasteiger partial charge in [-0.15, -0.1) is 11.3 Å². The Kier molecular flexibility index (Phi) is 3.12. The standard InChI is InChI=1S/C15H10FN3OS2/c1-8-6-22-15-17-13-12(14(20)19(15)18-8)11(7-21-13)9-2-4-10(16)5-3-9/h2-5,7H,6H2,1H3. The van der Waals surface area contributed by atoms with Crippen LogP contribution in [0.1, 0.15) is 6.92 Å². The molecule has 0 unspecified atom stereocenters. The Morgan fingerprint density at radius 1 is 1.27 bits per heavy atom. The van der Waals surface area contributed by atoms with Crippen molar-refractivity contribution in [3.8, 4) is 11.1 Å². The van der Waals surface area contributed by atoms with Crippen molar-refractivity contribution in [2.75, 3.05) is 5.75 Å². The first-order valence-electron chi connectivity index (χ1n) is 6.61. The summed E-state index contributed by atoms with van der Waals surface area (Å²) in [5.41, 5.74) is 2.29. The molecular weight excluding hydrogens is 321 g/mol. The summed E-state index contributed by atoms with van der Waals surface area (Å²) in [6.45, 7) is 1.89. The van der Waals surface area contributed by atoms with Crippen LogP contribution in [-0.4, -0.2) is 21.1 Å². The van der Waals surface area contributed by atoms with E-state index in [1.54, 1.807) is 12.1 Å². The van der Waals surface area contributed by atoms with Gasteiger partial charge >= 0.3 is 0 Å². The van der Waals surface area contributed by atoms with Crippen molar-refractivity contribution < 1.29 is 4.39 Å². The Bertz CT molecular complexity index is 973. The molecule has 0 fully saturated rings. The summed E-state index contributed by atoms with van der Waals surface area (Å²) in [7, 11) is 0. The van der Waals surface area contributed by atoms with E-state index in [0.29, 0.717) is 15.4 Å². The van der Waals surface area contributed by atoms with Crippen LogP contribution in [0.25, 0.3) is 21.3 Å². The van der Waals surface area contributed by atoms with Crippen molar-refractivity contribution in [3.05, 3.63) is 45.8 Å². The number of nitrogens with zero attached hydrogens (tertiary/aromatic N) is 3. The minimum atomic E-state index is -0.299. The molecule has 0 bridgehead atoms. The van der Waals surface area contributed by atoms with E-state index in [1.165, 1.54) is 39.9 Å². The van der Waals surface area contributed by atoms with E-state index in [4.69, 9.17) is 0 Å². The molecule has 1 aliphatic rings. The fourth-order valence-corrected chi connectivity index (χ4v) is 4.15. The van der Waals surface area contributed by atoms with Gasteiger partial charge in [-0.2, -0.15) is 9.78 Å². The molecular formula is C15H10FN3OS2. The van der Waals surface area contributed by atoms with Crippen LogP contribution in [0.15, 0.2) is 44.7 Å². The maximum Gasteiger partial charge on any atom is 0.284 e. The van der Waals surface area contributed by atoms with Gasteiger partial charge in [0.05, 0.1) is 5.39 Å². The molecule has 22 heavy (non-hydrogen) atoms. The quantitative estimate of drug-likeness (QED) is 0.640. The molecule has 0 atom stereocenters. The molecule has 4 rings (SSSR count). The van der Waals surface area contributed by atoms with Crippen molar-refractivity contribution >= 4 is 39.0 Å². The van der Waals surface area contributed by atoms with Gasteiger partial charge in [-0.3, -0.25) is 4.79 Å². The second-order valence-electron chi connectivity index (χ2n) is 4.97. The topological polar surface area (TPSA) is 47.2 Å². The zero-order chi connectivity index (χ0) is 15.3. The number of thioether (sulfide) groups is 1. The molecule has 0 amide bonds. The average molecular weight is 331 g/mol. The molecule has 2 aromatic heterocycles. The van der Waals surface area contributed by atoms with Crippen molar-refractivity contribution in [3.63, 3.8) is 0 Å². The summed E-state index contributed by atoms with van der Waals surface area (Å²) < 4.78 is 14.5. The molecule has 7 heteroatoms. The lowest BCUT2D eigenvalue weighted by Crippen LogP contribution is -2.24. The third-order valence-electron chi connectivity index (χ3n) is 3.39. The summed E-state index contributed by atoms with van der Waals surface area (Å²) >= 11 is 2.93. The Morgan fingerprint density at radius 2 is 2.05 bits per heavy atom. The molecule has 0 saturated heterocycles. The van der Waals surface area contributed by atoms with Gasteiger partial charge in [-0.25, -0.2) is 9.37 Å². The van der Waals surface area contributed by atoms with Crippen LogP contribution in [0.2, 0.25) is 0 Å². The van der Waals surface area contributed by atoms with Crippen LogP contribution < -0.4 is 5.56 Å². The molecule has 3 heterocycles. The van der Waals surface area contributed by atoms with Crippen molar-refractivity contribution in [2.24, 2.45) is 5.10 Å². The Hall–Kier alpha value is -1.99. The second-order valence-corrected chi connectivity index (χ2v) is 6.77. The van der Waals surface area contributed by atoms with Gasteiger partial charge in [0.2, 0.25) is 0 Å². The highest BCUT2D eigenvalue weighted by molar-refractivity contribution is 7.99. The maximum absolute atomic E-state index is 13.1. The summed E-state index contributed by atoms with van der Waals surface area (Å²) in [6.07, 6.45) is 0. The zero-order valence-corrected chi connectivity index (χ0v) is 13.2. The monoisotopic (exact) mass is 331 g/mol. The first kappa shape index (κ1) is 13.7. The van der Waals surface area contributed by atoms with E-state index in [1.807, 2.05) is 12.3 Å². The van der Waals surface area contributed by atoms with Crippen molar-refractivity contribution in [1.29, 1.82) is 0 Å². The number of hydrogen-bond donors (Lipinski definition) is 0. The molecule has 1 aromatic carbocycles. The van der Waals surface area contributed by atoms with Crippen LogP contribution in [-0.2, 0) is 0 Å². The molecule has 0 saturated carbocycles. The van der Waals surface area contributed by atoms with E-state index in [0.717, 1.165) is 22.6 Å². The molecule has 0 spiro atoms. The number of benzene rings is 1. The summed E-state index contributed by atoms with van der Waals surface area (Å²) in [4.78, 5) is 18.0. The van der Waals surface area contributed by atoms with Crippen molar-refractivity contribution in [1.82, 2.24) is 9.66 Å². The number of fused-ring (bicyclic) bond motifs is 2. The lowest BCUT2D eigenvalue weighted by atomic mass is 10.1. The van der Waals surface area contributed by atoms with Gasteiger partial charge in [-0.1, -0.05) is 23.9 Å². The molecule has 4 nitrogen and oxygen atoms in total. The van der Waals surface area contributed by atoms with Crippen LogP contribution >= 0.6 is 23.1 Å². The zero-order valence-electron chi connectivity index (χ0n) is 11.5. The Balaban J connectivity index is 2.02. The highest BCUT2D eigenvalue weighted by Gasteiger charge is 2.19. The third-order valence-corrected chi connectivity index (χ3v) is 5.35. The third kappa shape index (κ3) is 2.08. The first-order chi connectivity index (χ1) is 10.6. The molecule has 1 aliphatic heterocycles. The van der Waals surface area contributed by atoms with E-state index in [2.05, 4.69) is 10.1 Å². The number of thiophene rings is 1. The largest absolute Gasteiger partial charge is 0.284 e. The number of rotatable bonds is 1. The molecule has 110 valence electrons.